The van der Waals surface area contributed by atoms with Gasteiger partial charge in [0.1, 0.15) is 11.6 Å². The van der Waals surface area contributed by atoms with Crippen LogP contribution in [0.2, 0.25) is 0 Å². The molecule has 1 aliphatic heterocycles. The molecule has 1 aromatic carbocycles. The van der Waals surface area contributed by atoms with Gasteiger partial charge in [0.25, 0.3) is 5.91 Å². The minimum absolute atomic E-state index is 0.0889. The Morgan fingerprint density at radius 1 is 1.37 bits per heavy atom. The number of carbonyl (C=O) groups excluding carboxylic acids is 3. The second-order valence-corrected chi connectivity index (χ2v) is 6.45. The Hall–Kier alpha value is -3.34. The highest BCUT2D eigenvalue weighted by molar-refractivity contribution is 5.97. The fourth-order valence-corrected chi connectivity index (χ4v) is 3.08. The summed E-state index contributed by atoms with van der Waals surface area (Å²) in [5.41, 5.74) is 0.586. The minimum Gasteiger partial charge on any atom is -0.451 e. The summed E-state index contributed by atoms with van der Waals surface area (Å²) in [5, 5.41) is 17.8. The number of amides is 3. The number of nitrogens with one attached hydrogen (secondary N) is 3. The van der Waals surface area contributed by atoms with Crippen LogP contribution in [0.15, 0.2) is 34.7 Å². The van der Waals surface area contributed by atoms with Gasteiger partial charge in [-0.1, -0.05) is 18.2 Å². The number of piperidine rings is 1. The fraction of sp³-hybridized carbons (Fsp3) is 0.368. The third-order valence-electron chi connectivity index (χ3n) is 4.47. The number of rotatable bonds is 6. The lowest BCUT2D eigenvalue weighted by Gasteiger charge is -2.23. The number of hydrogen-bond donors (Lipinski definition) is 3. The first kappa shape index (κ1) is 18.5. The lowest BCUT2D eigenvalue weighted by Crippen LogP contribution is -2.44. The van der Waals surface area contributed by atoms with Gasteiger partial charge in [-0.15, -0.1) is 0 Å². The molecule has 1 aliphatic rings. The van der Waals surface area contributed by atoms with Crippen LogP contribution in [0, 0.1) is 17.2 Å². The van der Waals surface area contributed by atoms with Crippen LogP contribution in [0.1, 0.15) is 29.8 Å². The topological polar surface area (TPSA) is 124 Å². The van der Waals surface area contributed by atoms with Gasteiger partial charge >= 0.3 is 0 Å². The van der Waals surface area contributed by atoms with Crippen molar-refractivity contribution in [2.45, 2.75) is 25.3 Å². The monoisotopic (exact) mass is 368 g/mol. The van der Waals surface area contributed by atoms with Gasteiger partial charge in [0, 0.05) is 17.8 Å². The molecular weight excluding hydrogens is 348 g/mol. The summed E-state index contributed by atoms with van der Waals surface area (Å²) in [6.45, 7) is 0.359. The molecule has 0 saturated carbocycles. The molecule has 1 saturated heterocycles. The quantitative estimate of drug-likeness (QED) is 0.704. The van der Waals surface area contributed by atoms with Crippen LogP contribution in [0.4, 0.5) is 0 Å². The van der Waals surface area contributed by atoms with Crippen molar-refractivity contribution in [3.8, 4) is 6.07 Å². The molecule has 3 N–H and O–H groups in total. The maximum Gasteiger partial charge on any atom is 0.287 e. The lowest BCUT2D eigenvalue weighted by molar-refractivity contribution is -0.127. The molecule has 1 unspecified atom stereocenters. The second kappa shape index (κ2) is 8.36. The van der Waals surface area contributed by atoms with Crippen LogP contribution < -0.4 is 16.0 Å². The van der Waals surface area contributed by atoms with Gasteiger partial charge in [-0.2, -0.15) is 5.26 Å². The van der Waals surface area contributed by atoms with Crippen LogP contribution in [-0.4, -0.2) is 36.9 Å². The van der Waals surface area contributed by atoms with Gasteiger partial charge in [-0.25, -0.2) is 0 Å². The van der Waals surface area contributed by atoms with E-state index < -0.39 is 17.9 Å². The normalized spacial score (nSPS) is 17.6. The van der Waals surface area contributed by atoms with Crippen LogP contribution in [0.5, 0.6) is 0 Å². The molecule has 8 nitrogen and oxygen atoms in total. The number of hydrogen-bond acceptors (Lipinski definition) is 5. The summed E-state index contributed by atoms with van der Waals surface area (Å²) in [7, 11) is 0. The number of fused-ring (bicyclic) bond motifs is 1. The van der Waals surface area contributed by atoms with E-state index in [0.29, 0.717) is 18.5 Å². The standard InChI is InChI=1S/C19H20N4O4/c20-10-14(8-13-5-3-7-21-18(13)25)23-17(24)11-22-19(26)16-9-12-4-1-2-6-15(12)27-16/h1-2,4,6,9,13-14H,3,5,7-8,11H2,(H,21,25)(H,22,26)(H,23,24)/t13-,14?/m0/s1. The number of nitriles is 1. The lowest BCUT2D eigenvalue weighted by atomic mass is 9.92. The SMILES string of the molecule is N#CC(C[C@@H]1CCCNC1=O)NC(=O)CNC(=O)c1cc2ccccc2o1. The minimum atomic E-state index is -0.783. The molecule has 2 heterocycles. The van der Waals surface area contributed by atoms with E-state index in [1.807, 2.05) is 18.2 Å². The van der Waals surface area contributed by atoms with Crippen LogP contribution in [-0.2, 0) is 9.59 Å². The van der Waals surface area contributed by atoms with Crippen LogP contribution in [0.3, 0.4) is 0 Å². The van der Waals surface area contributed by atoms with E-state index in [1.54, 1.807) is 18.2 Å². The van der Waals surface area contributed by atoms with E-state index in [-0.39, 0.29) is 30.6 Å². The zero-order valence-electron chi connectivity index (χ0n) is 14.7. The number of nitrogens with zero attached hydrogens (tertiary/aromatic N) is 1. The van der Waals surface area contributed by atoms with Crippen molar-refractivity contribution in [3.05, 3.63) is 36.1 Å². The molecule has 0 bridgehead atoms. The number of benzene rings is 1. The van der Waals surface area contributed by atoms with E-state index in [2.05, 4.69) is 16.0 Å². The van der Waals surface area contributed by atoms with Crippen LogP contribution >= 0.6 is 0 Å². The molecule has 0 radical (unpaired) electrons. The third kappa shape index (κ3) is 4.64. The third-order valence-corrected chi connectivity index (χ3v) is 4.47. The molecule has 2 atom stereocenters. The smallest absolute Gasteiger partial charge is 0.287 e. The van der Waals surface area contributed by atoms with Gasteiger partial charge in [0.05, 0.1) is 12.6 Å². The number of carbonyl (C=O) groups is 3. The van der Waals surface area contributed by atoms with Gasteiger partial charge < -0.3 is 20.4 Å². The Labute approximate surface area is 155 Å². The van der Waals surface area contributed by atoms with Crippen molar-refractivity contribution >= 4 is 28.7 Å². The second-order valence-electron chi connectivity index (χ2n) is 6.45. The van der Waals surface area contributed by atoms with Gasteiger partial charge in [-0.05, 0) is 31.4 Å². The maximum atomic E-state index is 12.1. The zero-order chi connectivity index (χ0) is 19.2. The summed E-state index contributed by atoms with van der Waals surface area (Å²) in [4.78, 5) is 35.9. The summed E-state index contributed by atoms with van der Waals surface area (Å²) >= 11 is 0. The fourth-order valence-electron chi connectivity index (χ4n) is 3.08. The van der Waals surface area contributed by atoms with Gasteiger partial charge in [0.15, 0.2) is 5.76 Å². The molecule has 1 fully saturated rings. The molecule has 3 rings (SSSR count). The largest absolute Gasteiger partial charge is 0.451 e. The summed E-state index contributed by atoms with van der Waals surface area (Å²) in [6, 6.07) is 10.0. The average Bonchev–Trinajstić information content (AvgIpc) is 3.11. The summed E-state index contributed by atoms with van der Waals surface area (Å²) in [5.74, 6) is -1.27. The van der Waals surface area contributed by atoms with E-state index in [9.17, 15) is 19.6 Å². The predicted molar refractivity (Wildman–Crippen MR) is 96.4 cm³/mol. The molecule has 0 aliphatic carbocycles. The van der Waals surface area contributed by atoms with Crippen molar-refractivity contribution in [1.29, 1.82) is 5.26 Å². The molecule has 8 heteroatoms. The van der Waals surface area contributed by atoms with Crippen molar-refractivity contribution in [2.75, 3.05) is 13.1 Å². The number of para-hydroxylation sites is 1. The zero-order valence-corrected chi connectivity index (χ0v) is 14.7. The number of furan rings is 1. The van der Waals surface area contributed by atoms with Crippen molar-refractivity contribution in [1.82, 2.24) is 16.0 Å². The van der Waals surface area contributed by atoms with Gasteiger partial charge in [-0.3, -0.25) is 14.4 Å². The highest BCUT2D eigenvalue weighted by atomic mass is 16.3. The molecule has 0 spiro atoms. The van der Waals surface area contributed by atoms with E-state index in [4.69, 9.17) is 4.42 Å². The highest BCUT2D eigenvalue weighted by Crippen LogP contribution is 2.19. The van der Waals surface area contributed by atoms with E-state index in [1.165, 1.54) is 0 Å². The van der Waals surface area contributed by atoms with Crippen LogP contribution in [0.25, 0.3) is 11.0 Å². The van der Waals surface area contributed by atoms with Crippen molar-refractivity contribution < 1.29 is 18.8 Å². The molecule has 140 valence electrons. The Kier molecular flexibility index (Phi) is 5.71. The predicted octanol–water partition coefficient (Wildman–Crippen LogP) is 1.09. The highest BCUT2D eigenvalue weighted by Gasteiger charge is 2.26. The average molecular weight is 368 g/mol. The first-order valence-electron chi connectivity index (χ1n) is 8.80. The van der Waals surface area contributed by atoms with E-state index >= 15 is 0 Å². The first-order valence-corrected chi connectivity index (χ1v) is 8.80. The Morgan fingerprint density at radius 3 is 2.93 bits per heavy atom. The van der Waals surface area contributed by atoms with Gasteiger partial charge in [0.2, 0.25) is 11.8 Å². The van der Waals surface area contributed by atoms with Crippen molar-refractivity contribution in [3.63, 3.8) is 0 Å². The Morgan fingerprint density at radius 2 is 2.19 bits per heavy atom. The molecule has 2 aromatic rings. The Balaban J connectivity index is 1.49. The molecule has 27 heavy (non-hydrogen) atoms. The summed E-state index contributed by atoms with van der Waals surface area (Å²) in [6.07, 6.45) is 1.81. The summed E-state index contributed by atoms with van der Waals surface area (Å²) < 4.78 is 5.44. The molecule has 3 amide bonds. The van der Waals surface area contributed by atoms with E-state index in [0.717, 1.165) is 11.8 Å². The van der Waals surface area contributed by atoms with Crippen molar-refractivity contribution in [2.24, 2.45) is 5.92 Å². The Bertz CT molecular complexity index is 865. The first-order chi connectivity index (χ1) is 13.1. The maximum absolute atomic E-state index is 12.1. The molecule has 1 aromatic heterocycles. The molecular formula is C19H20N4O4.